The lowest BCUT2D eigenvalue weighted by atomic mass is 9.79. The topological polar surface area (TPSA) is 0 Å². The molecule has 348 valence electrons. The van der Waals surface area contributed by atoms with Gasteiger partial charge in [-0.05, 0) is 135 Å². The Morgan fingerprint density at radius 2 is 0.338 bits per heavy atom. The van der Waals surface area contributed by atoms with E-state index in [2.05, 4.69) is 315 Å². The van der Waals surface area contributed by atoms with Crippen LogP contribution >= 0.6 is 0 Å². The van der Waals surface area contributed by atoms with Gasteiger partial charge in [-0.3, -0.25) is 0 Å². The van der Waals surface area contributed by atoms with Gasteiger partial charge in [0.05, 0.1) is 0 Å². The fourth-order valence-electron chi connectivity index (χ4n) is 10.4. The summed E-state index contributed by atoms with van der Waals surface area (Å²) in [5.74, 6) is 0. The van der Waals surface area contributed by atoms with E-state index < -0.39 is 0 Å². The minimum Gasteiger partial charge on any atom is -0.0622 e. The van der Waals surface area contributed by atoms with Crippen LogP contribution in [0, 0.1) is 0 Å². The van der Waals surface area contributed by atoms with Gasteiger partial charge in [0.25, 0.3) is 0 Å². The van der Waals surface area contributed by atoms with Gasteiger partial charge in [-0.15, -0.1) is 0 Å². The predicted molar refractivity (Wildman–Crippen MR) is 314 cm³/mol. The molecule has 0 aliphatic carbocycles. The molecule has 0 heterocycles. The van der Waals surface area contributed by atoms with Crippen molar-refractivity contribution in [1.82, 2.24) is 0 Å². The Bertz CT molecular complexity index is 3560. The highest BCUT2D eigenvalue weighted by Crippen LogP contribution is 2.46. The van der Waals surface area contributed by atoms with Crippen molar-refractivity contribution in [3.63, 3.8) is 0 Å². The van der Waals surface area contributed by atoms with Crippen molar-refractivity contribution >= 4 is 11.1 Å². The van der Waals surface area contributed by atoms with Gasteiger partial charge in [-0.1, -0.05) is 303 Å². The molecular weight excluding hydrogens is 889 g/mol. The highest BCUT2D eigenvalue weighted by atomic mass is 14.3. The molecule has 0 saturated heterocycles. The fraction of sp³-hybridized carbons (Fsp3) is 0. The van der Waals surface area contributed by atoms with E-state index in [0.717, 1.165) is 77.9 Å². The lowest BCUT2D eigenvalue weighted by molar-refractivity contribution is 1.48. The van der Waals surface area contributed by atoms with Gasteiger partial charge in [0.2, 0.25) is 0 Å². The van der Waals surface area contributed by atoms with E-state index in [9.17, 15) is 0 Å². The fourth-order valence-corrected chi connectivity index (χ4v) is 10.4. The molecule has 0 atom stereocenters. The van der Waals surface area contributed by atoms with Crippen molar-refractivity contribution in [2.45, 2.75) is 0 Å². The molecule has 0 saturated carbocycles. The zero-order valence-electron chi connectivity index (χ0n) is 41.0. The van der Waals surface area contributed by atoms with Crippen LogP contribution < -0.4 is 0 Å². The van der Waals surface area contributed by atoms with Crippen LogP contribution in [0.2, 0.25) is 0 Å². The molecule has 12 aromatic rings. The monoisotopic (exact) mass is 940 g/mol. The first kappa shape index (κ1) is 45.5. The molecule has 0 aromatic heterocycles. The maximum Gasteiger partial charge on any atom is -0.00201 e. The van der Waals surface area contributed by atoms with Crippen LogP contribution in [-0.2, 0) is 0 Å². The summed E-state index contributed by atoms with van der Waals surface area (Å²) >= 11 is 0. The molecule has 12 rings (SSSR count). The van der Waals surface area contributed by atoms with Gasteiger partial charge in [-0.2, -0.15) is 0 Å². The lowest BCUT2D eigenvalue weighted by Gasteiger charge is -2.24. The van der Waals surface area contributed by atoms with Crippen LogP contribution in [0.15, 0.2) is 315 Å². The second-order valence-electron chi connectivity index (χ2n) is 18.8. The number of hydrogen-bond donors (Lipinski definition) is 0. The molecule has 0 unspecified atom stereocenters. The Hall–Kier alpha value is -9.62. The summed E-state index contributed by atoms with van der Waals surface area (Å²) in [5.41, 5.74) is 25.7. The van der Waals surface area contributed by atoms with Crippen LogP contribution in [-0.4, -0.2) is 0 Å². The minimum atomic E-state index is 1.13. The van der Waals surface area contributed by atoms with Gasteiger partial charge in [0.1, 0.15) is 0 Å². The van der Waals surface area contributed by atoms with Crippen molar-refractivity contribution in [3.05, 3.63) is 338 Å². The highest BCUT2D eigenvalue weighted by molar-refractivity contribution is 6.10. The molecule has 0 bridgehead atoms. The van der Waals surface area contributed by atoms with Crippen molar-refractivity contribution < 1.29 is 0 Å². The van der Waals surface area contributed by atoms with Gasteiger partial charge in [-0.25, -0.2) is 0 Å². The van der Waals surface area contributed by atoms with Crippen molar-refractivity contribution in [3.8, 4) is 89.0 Å². The Balaban J connectivity index is 1.13. The van der Waals surface area contributed by atoms with Crippen LogP contribution in [0.3, 0.4) is 0 Å². The maximum absolute atomic E-state index is 2.43. The summed E-state index contributed by atoms with van der Waals surface area (Å²) in [5, 5.41) is 0. The average Bonchev–Trinajstić information content (AvgIpc) is 3.50. The molecule has 12 aromatic carbocycles. The predicted octanol–water partition coefficient (Wildman–Crippen LogP) is 20.0. The Morgan fingerprint density at radius 3 is 0.595 bits per heavy atom. The second-order valence-corrected chi connectivity index (χ2v) is 18.8. The average molecular weight is 941 g/mol. The van der Waals surface area contributed by atoms with Gasteiger partial charge < -0.3 is 0 Å². The third-order valence-electron chi connectivity index (χ3n) is 14.2. The molecule has 0 spiro atoms. The van der Waals surface area contributed by atoms with Crippen molar-refractivity contribution in [2.24, 2.45) is 0 Å². The Labute approximate surface area is 435 Å². The molecule has 0 amide bonds. The number of benzene rings is 12. The summed E-state index contributed by atoms with van der Waals surface area (Å²) in [6.45, 7) is 0. The van der Waals surface area contributed by atoms with Crippen LogP contribution in [0.4, 0.5) is 0 Å². The first-order chi connectivity index (χ1) is 36.7. The molecule has 0 aliphatic heterocycles. The zero-order chi connectivity index (χ0) is 49.5. The summed E-state index contributed by atoms with van der Waals surface area (Å²) in [6, 6.07) is 115. The van der Waals surface area contributed by atoms with Crippen LogP contribution in [0.1, 0.15) is 22.3 Å². The first-order valence-corrected chi connectivity index (χ1v) is 25.5. The van der Waals surface area contributed by atoms with Gasteiger partial charge in [0, 0.05) is 0 Å². The minimum absolute atomic E-state index is 1.13. The molecular formula is C74H52. The highest BCUT2D eigenvalue weighted by Gasteiger charge is 2.24. The maximum atomic E-state index is 2.43. The van der Waals surface area contributed by atoms with Gasteiger partial charge >= 0.3 is 0 Å². The zero-order valence-corrected chi connectivity index (χ0v) is 41.0. The lowest BCUT2D eigenvalue weighted by Crippen LogP contribution is -2.02. The quantitative estimate of drug-likeness (QED) is 0.107. The molecule has 0 radical (unpaired) electrons. The largest absolute Gasteiger partial charge is 0.0622 e. The van der Waals surface area contributed by atoms with Crippen molar-refractivity contribution in [2.75, 3.05) is 0 Å². The van der Waals surface area contributed by atoms with E-state index in [1.54, 1.807) is 0 Å². The summed E-state index contributed by atoms with van der Waals surface area (Å²) in [7, 11) is 0. The number of hydrogen-bond acceptors (Lipinski definition) is 0. The molecule has 74 heavy (non-hydrogen) atoms. The van der Waals surface area contributed by atoms with E-state index in [4.69, 9.17) is 0 Å². The molecule has 0 fully saturated rings. The SMILES string of the molecule is c1ccc(/C(=C(/c2ccccc2)c2cc(-c3ccc(-c4ccccc4)cc3)ccc2-c2ccc(-c3ccccc3)cc2)c2cc(-c3ccc(-c4ccccc4)cc3)ccc2-c2ccc(-c3ccccc3)cc2)cc1. The van der Waals surface area contributed by atoms with E-state index in [-0.39, 0.29) is 0 Å². The van der Waals surface area contributed by atoms with E-state index >= 15 is 0 Å². The number of rotatable bonds is 12. The van der Waals surface area contributed by atoms with Gasteiger partial charge in [0.15, 0.2) is 0 Å². The summed E-state index contributed by atoms with van der Waals surface area (Å²) < 4.78 is 0. The van der Waals surface area contributed by atoms with E-state index in [1.165, 1.54) is 44.5 Å². The van der Waals surface area contributed by atoms with E-state index in [0.29, 0.717) is 0 Å². The first-order valence-electron chi connectivity index (χ1n) is 25.5. The normalized spacial score (nSPS) is 11.5. The third kappa shape index (κ3) is 9.61. The van der Waals surface area contributed by atoms with Crippen LogP contribution in [0.5, 0.6) is 0 Å². The van der Waals surface area contributed by atoms with E-state index in [1.807, 2.05) is 0 Å². The standard InChI is InChI=1S/C74H52/c1-7-19-53(20-8-1)57-31-35-61(36-32-57)67-47-49-69(63-43-39-59(40-44-63)55-23-11-3-12-24-55)71(51-67)73(65-27-15-5-16-28-65)74(66-29-17-6-18-30-66)72-52-68(62-37-33-58(34-38-62)54-21-9-2-10-22-54)48-50-70(72)64-45-41-60(42-46-64)56-25-13-4-14-26-56/h1-52H/b74-73+. The Kier molecular flexibility index (Phi) is 12.9. The molecule has 0 heteroatoms. The van der Waals surface area contributed by atoms with Crippen molar-refractivity contribution in [1.29, 1.82) is 0 Å². The summed E-state index contributed by atoms with van der Waals surface area (Å²) in [6.07, 6.45) is 0. The molecule has 0 N–H and O–H groups in total. The molecule has 0 nitrogen and oxygen atoms in total. The Morgan fingerprint density at radius 1 is 0.149 bits per heavy atom. The van der Waals surface area contributed by atoms with Crippen LogP contribution in [0.25, 0.3) is 100 Å². The molecule has 0 aliphatic rings. The third-order valence-corrected chi connectivity index (χ3v) is 14.2. The smallest absolute Gasteiger partial charge is 0.00201 e. The second kappa shape index (κ2) is 21.0. The summed E-state index contributed by atoms with van der Waals surface area (Å²) in [4.78, 5) is 0.